The third-order valence-electron chi connectivity index (χ3n) is 2.77. The van der Waals surface area contributed by atoms with Gasteiger partial charge in [0.15, 0.2) is 23.0 Å². The van der Waals surface area contributed by atoms with Gasteiger partial charge in [0.1, 0.15) is 20.1 Å². The van der Waals surface area contributed by atoms with Crippen molar-refractivity contribution in [1.29, 1.82) is 0 Å². The van der Waals surface area contributed by atoms with E-state index in [2.05, 4.69) is 0 Å². The first kappa shape index (κ1) is 17.2. The van der Waals surface area contributed by atoms with Gasteiger partial charge in [-0.1, -0.05) is 92.8 Å². The third kappa shape index (κ3) is 2.40. The van der Waals surface area contributed by atoms with Crippen molar-refractivity contribution in [3.05, 3.63) is 40.2 Å². The Balaban J connectivity index is 2.32. The quantitative estimate of drug-likeness (QED) is 0.241. The first-order valence-corrected chi connectivity index (χ1v) is 8.35. The first-order chi connectivity index (χ1) is 10.3. The van der Waals surface area contributed by atoms with Gasteiger partial charge in [-0.25, -0.2) is 0 Å². The summed E-state index contributed by atoms with van der Waals surface area (Å²) in [5.41, 5.74) is 0. The van der Waals surface area contributed by atoms with E-state index in [0.29, 0.717) is 0 Å². The van der Waals surface area contributed by atoms with Gasteiger partial charge in [-0.15, -0.1) is 0 Å². The summed E-state index contributed by atoms with van der Waals surface area (Å²) >= 11 is 48.3. The van der Waals surface area contributed by atoms with E-state index in [1.54, 1.807) is 0 Å². The van der Waals surface area contributed by atoms with Crippen molar-refractivity contribution in [3.63, 3.8) is 0 Å². The van der Waals surface area contributed by atoms with Gasteiger partial charge in [-0.2, -0.15) is 0 Å². The monoisotopic (exact) mass is 468 g/mol. The summed E-state index contributed by atoms with van der Waals surface area (Å²) < 4.78 is 11.3. The highest BCUT2D eigenvalue weighted by Crippen LogP contribution is 2.61. The standard InChI is InChI=1S/C12Cl8O2/c13-1-2(14)6(18)10-9(5(1)17)21-11-7(19)3(15)4(16)8(20)12(11)22-10/i1+1,2+1,3+1,4+1,5+1,6+1,7+1,8+1,9+1,10+1,11+1,12+1. The minimum Gasteiger partial charge on any atom is -0.446 e. The molecule has 0 fully saturated rings. The van der Waals surface area contributed by atoms with Crippen molar-refractivity contribution in [1.82, 2.24) is 0 Å². The summed E-state index contributed by atoms with van der Waals surface area (Å²) in [5, 5.41) is 0.0977. The zero-order valence-electron chi connectivity index (χ0n) is 9.84. The molecule has 116 valence electrons. The lowest BCUT2D eigenvalue weighted by molar-refractivity contribution is 0.360. The van der Waals surface area contributed by atoms with Gasteiger partial charge in [0.25, 0.3) is 0 Å². The van der Waals surface area contributed by atoms with E-state index >= 15 is 0 Å². The number of fused-ring (bicyclic) bond motifs is 2. The molecule has 3 rings (SSSR count). The summed E-state index contributed by atoms with van der Waals surface area (Å²) in [6, 6.07) is 0. The Morgan fingerprint density at radius 2 is 0.500 bits per heavy atom. The van der Waals surface area contributed by atoms with E-state index in [-0.39, 0.29) is 63.2 Å². The molecule has 0 atom stereocenters. The van der Waals surface area contributed by atoms with E-state index in [1.165, 1.54) is 0 Å². The highest BCUT2D eigenvalue weighted by molar-refractivity contribution is 6.54. The van der Waals surface area contributed by atoms with Crippen LogP contribution in [0.5, 0.6) is 23.0 Å². The number of halogens is 8. The molecule has 0 bridgehead atoms. The van der Waals surface area contributed by atoms with Crippen LogP contribution in [0.4, 0.5) is 0 Å². The lowest BCUT2D eigenvalue weighted by Gasteiger charge is -2.25. The van der Waals surface area contributed by atoms with Crippen LogP contribution < -0.4 is 9.47 Å². The van der Waals surface area contributed by atoms with Crippen LogP contribution in [-0.2, 0) is 0 Å². The molecule has 22 heavy (non-hydrogen) atoms. The fraction of sp³-hybridized carbons (Fsp3) is 0. The summed E-state index contributed by atoms with van der Waals surface area (Å²) in [4.78, 5) is 0. The van der Waals surface area contributed by atoms with Gasteiger partial charge in [0.05, 0.1) is 20.1 Å². The topological polar surface area (TPSA) is 18.5 Å². The summed E-state index contributed by atoms with van der Waals surface area (Å²) in [7, 11) is 0. The van der Waals surface area contributed by atoms with E-state index in [9.17, 15) is 0 Å². The van der Waals surface area contributed by atoms with Crippen LogP contribution in [0.2, 0.25) is 40.2 Å². The second-order valence-electron chi connectivity index (χ2n) is 4.03. The molecule has 0 saturated heterocycles. The Kier molecular flexibility index (Phi) is 4.70. The molecule has 1 aliphatic heterocycles. The maximum atomic E-state index is 6.10. The third-order valence-corrected chi connectivity index (χ3v) is 6.31. The zero-order chi connectivity index (χ0) is 16.3. The van der Waals surface area contributed by atoms with Crippen molar-refractivity contribution in [3.8, 4) is 23.0 Å². The van der Waals surface area contributed by atoms with Gasteiger partial charge in [-0.3, -0.25) is 0 Å². The molecule has 1 heterocycles. The average molecular weight is 472 g/mol. The van der Waals surface area contributed by atoms with Crippen LogP contribution in [-0.4, -0.2) is 0 Å². The van der Waals surface area contributed by atoms with Crippen LogP contribution in [0.3, 0.4) is 0 Å². The van der Waals surface area contributed by atoms with Crippen LogP contribution in [0, 0.1) is 0 Å². The number of rotatable bonds is 0. The number of benzene rings is 2. The van der Waals surface area contributed by atoms with Crippen molar-refractivity contribution < 1.29 is 9.47 Å². The SMILES string of the molecule is Cl[13c]1[13c](Cl)[13c](Cl)[13c]2[13c]([13c]1Cl)O[13c]1[13c](Cl)[13c](Cl)[13c](Cl)[13c](Cl)[13c]1O2. The molecular weight excluding hydrogens is 472 g/mol. The van der Waals surface area contributed by atoms with Crippen LogP contribution in [0.15, 0.2) is 0 Å². The predicted molar refractivity (Wildman–Crippen MR) is 93.1 cm³/mol. The van der Waals surface area contributed by atoms with Crippen LogP contribution >= 0.6 is 92.8 Å². The molecule has 1 aliphatic rings. The second-order valence-corrected chi connectivity index (χ2v) is 7.06. The van der Waals surface area contributed by atoms with Gasteiger partial charge in [-0.05, 0) is 0 Å². The van der Waals surface area contributed by atoms with Crippen LogP contribution in [0.25, 0.3) is 0 Å². The van der Waals surface area contributed by atoms with Gasteiger partial charge >= 0.3 is 0 Å². The molecule has 0 N–H and O–H groups in total. The molecule has 10 heteroatoms. The normalized spacial score (nSPS) is 12.4. The predicted octanol–water partition coefficient (Wildman–Crippen LogP) is 8.81. The molecule has 2 nitrogen and oxygen atoms in total. The Labute approximate surface area is 164 Å². The van der Waals surface area contributed by atoms with Gasteiger partial charge in [0, 0.05) is 0 Å². The summed E-state index contributed by atoms with van der Waals surface area (Å²) in [5.74, 6) is 0.185. The van der Waals surface area contributed by atoms with Crippen molar-refractivity contribution in [2.75, 3.05) is 0 Å². The lowest BCUT2D eigenvalue weighted by atomic mass is 11.2. The van der Waals surface area contributed by atoms with Crippen LogP contribution in [0.1, 0.15) is 0 Å². The average Bonchev–Trinajstić information content (AvgIpc) is 2.52. The molecule has 0 radical (unpaired) electrons. The zero-order valence-corrected chi connectivity index (χ0v) is 15.9. The highest BCUT2D eigenvalue weighted by Gasteiger charge is 2.33. The minimum atomic E-state index is 0.00924. The Hall–Kier alpha value is 0.360. The van der Waals surface area contributed by atoms with E-state index in [4.69, 9.17) is 102 Å². The molecule has 2 aromatic carbocycles. The van der Waals surface area contributed by atoms with Crippen molar-refractivity contribution >= 4 is 92.8 Å². The van der Waals surface area contributed by atoms with E-state index in [1.807, 2.05) is 0 Å². The molecule has 0 aromatic heterocycles. The minimum absolute atomic E-state index is 0.00924. The molecule has 0 aliphatic carbocycles. The maximum Gasteiger partial charge on any atom is 0.191 e. The fourth-order valence-electron chi connectivity index (χ4n) is 1.75. The van der Waals surface area contributed by atoms with E-state index < -0.39 is 0 Å². The number of ether oxygens (including phenoxy) is 2. The Morgan fingerprint density at radius 3 is 0.682 bits per heavy atom. The fourth-order valence-corrected chi connectivity index (χ4v) is 3.54. The Morgan fingerprint density at radius 1 is 0.318 bits per heavy atom. The Bertz CT molecular complexity index is 698. The maximum absolute atomic E-state index is 6.10. The van der Waals surface area contributed by atoms with Crippen molar-refractivity contribution in [2.45, 2.75) is 0 Å². The molecule has 0 saturated carbocycles. The summed E-state index contributed by atoms with van der Waals surface area (Å²) in [6.45, 7) is 0. The van der Waals surface area contributed by atoms with E-state index in [0.717, 1.165) is 0 Å². The number of hydrogen-bond acceptors (Lipinski definition) is 2. The lowest BCUT2D eigenvalue weighted by Crippen LogP contribution is -2.03. The molecule has 2 aromatic rings. The molecular formula is C12Cl8O2. The van der Waals surface area contributed by atoms with Gasteiger partial charge < -0.3 is 9.47 Å². The molecule has 0 amide bonds. The first-order valence-electron chi connectivity index (χ1n) is 5.33. The smallest absolute Gasteiger partial charge is 0.191 e. The highest BCUT2D eigenvalue weighted by atomic mass is 35.5. The molecule has 0 spiro atoms. The number of hydrogen-bond donors (Lipinski definition) is 0. The largest absolute Gasteiger partial charge is 0.446 e. The van der Waals surface area contributed by atoms with Gasteiger partial charge in [0.2, 0.25) is 0 Å². The van der Waals surface area contributed by atoms with Crippen molar-refractivity contribution in [2.24, 2.45) is 0 Å². The molecule has 0 unspecified atom stereocenters. The second kappa shape index (κ2) is 6.02. The summed E-state index contributed by atoms with van der Waals surface area (Å²) in [6.07, 6.45) is 0.